The topological polar surface area (TPSA) is 46.5 Å². The van der Waals surface area contributed by atoms with Crippen molar-refractivity contribution in [1.29, 1.82) is 0 Å². The maximum atomic E-state index is 10.4. The monoisotopic (exact) mass is 218 g/mol. The Morgan fingerprint density at radius 1 is 1.31 bits per heavy atom. The van der Waals surface area contributed by atoms with Gasteiger partial charge in [0, 0.05) is 6.08 Å². The van der Waals surface area contributed by atoms with Crippen molar-refractivity contribution in [2.75, 3.05) is 7.11 Å². The molecule has 1 aromatic rings. The SMILES string of the molecule is COc1ccc(/C=C/C(C)=C/C(=O)O)cc1. The molecule has 1 rings (SSSR count). The summed E-state index contributed by atoms with van der Waals surface area (Å²) in [7, 11) is 1.62. The molecular weight excluding hydrogens is 204 g/mol. The van der Waals surface area contributed by atoms with E-state index in [0.717, 1.165) is 11.3 Å². The summed E-state index contributed by atoms with van der Waals surface area (Å²) in [5, 5.41) is 8.52. The highest BCUT2D eigenvalue weighted by molar-refractivity contribution is 5.81. The van der Waals surface area contributed by atoms with Crippen LogP contribution in [0.4, 0.5) is 0 Å². The second kappa shape index (κ2) is 5.75. The highest BCUT2D eigenvalue weighted by Gasteiger charge is 1.91. The molecule has 3 nitrogen and oxygen atoms in total. The van der Waals surface area contributed by atoms with Crippen LogP contribution in [0.1, 0.15) is 12.5 Å². The molecule has 0 saturated carbocycles. The van der Waals surface area contributed by atoms with E-state index >= 15 is 0 Å². The van der Waals surface area contributed by atoms with Crippen molar-refractivity contribution < 1.29 is 14.6 Å². The summed E-state index contributed by atoms with van der Waals surface area (Å²) >= 11 is 0. The summed E-state index contributed by atoms with van der Waals surface area (Å²) < 4.78 is 5.03. The number of carbonyl (C=O) groups is 1. The van der Waals surface area contributed by atoms with Gasteiger partial charge in [0.15, 0.2) is 0 Å². The third-order valence-corrected chi connectivity index (χ3v) is 2.01. The van der Waals surface area contributed by atoms with E-state index in [2.05, 4.69) is 0 Å². The van der Waals surface area contributed by atoms with Crippen LogP contribution in [0.3, 0.4) is 0 Å². The number of aliphatic carboxylic acids is 1. The maximum absolute atomic E-state index is 10.4. The van der Waals surface area contributed by atoms with Gasteiger partial charge in [-0.2, -0.15) is 0 Å². The number of hydrogen-bond acceptors (Lipinski definition) is 2. The van der Waals surface area contributed by atoms with Crippen LogP contribution >= 0.6 is 0 Å². The largest absolute Gasteiger partial charge is 0.497 e. The first-order valence-electron chi connectivity index (χ1n) is 4.85. The number of benzene rings is 1. The average Bonchev–Trinajstić information content (AvgIpc) is 2.26. The van der Waals surface area contributed by atoms with Crippen molar-refractivity contribution in [1.82, 2.24) is 0 Å². The predicted octanol–water partition coefficient (Wildman–Crippen LogP) is 2.74. The van der Waals surface area contributed by atoms with E-state index in [9.17, 15) is 4.79 Å². The van der Waals surface area contributed by atoms with Crippen molar-refractivity contribution in [2.45, 2.75) is 6.92 Å². The molecule has 0 heterocycles. The van der Waals surface area contributed by atoms with Gasteiger partial charge in [-0.05, 0) is 30.2 Å². The van der Waals surface area contributed by atoms with Gasteiger partial charge in [0.05, 0.1) is 7.11 Å². The number of allylic oxidation sites excluding steroid dienone is 2. The molecule has 0 aliphatic carbocycles. The summed E-state index contributed by atoms with van der Waals surface area (Å²) in [4.78, 5) is 10.4. The number of methoxy groups -OCH3 is 1. The van der Waals surface area contributed by atoms with Crippen LogP contribution in [0.5, 0.6) is 5.75 Å². The van der Waals surface area contributed by atoms with Gasteiger partial charge in [0.25, 0.3) is 0 Å². The molecule has 0 bridgehead atoms. The first kappa shape index (κ1) is 12.0. The Morgan fingerprint density at radius 2 is 1.94 bits per heavy atom. The van der Waals surface area contributed by atoms with E-state index < -0.39 is 5.97 Å². The lowest BCUT2D eigenvalue weighted by molar-refractivity contribution is -0.131. The Balaban J connectivity index is 2.72. The molecule has 3 heteroatoms. The van der Waals surface area contributed by atoms with Crippen LogP contribution in [0.15, 0.2) is 42.0 Å². The fraction of sp³-hybridized carbons (Fsp3) is 0.154. The quantitative estimate of drug-likeness (QED) is 0.624. The van der Waals surface area contributed by atoms with Crippen molar-refractivity contribution >= 4 is 12.0 Å². The fourth-order valence-electron chi connectivity index (χ4n) is 1.19. The van der Waals surface area contributed by atoms with Gasteiger partial charge >= 0.3 is 5.97 Å². The molecule has 0 amide bonds. The summed E-state index contributed by atoms with van der Waals surface area (Å²) in [6, 6.07) is 7.53. The van der Waals surface area contributed by atoms with Gasteiger partial charge in [-0.25, -0.2) is 4.79 Å². The molecule has 0 spiro atoms. The van der Waals surface area contributed by atoms with Gasteiger partial charge in [-0.3, -0.25) is 0 Å². The smallest absolute Gasteiger partial charge is 0.328 e. The normalized spacial score (nSPS) is 11.8. The van der Waals surface area contributed by atoms with Crippen LogP contribution in [-0.2, 0) is 4.79 Å². The van der Waals surface area contributed by atoms with Crippen molar-refractivity contribution in [3.05, 3.63) is 47.6 Å². The maximum Gasteiger partial charge on any atom is 0.328 e. The lowest BCUT2D eigenvalue weighted by atomic mass is 10.1. The highest BCUT2D eigenvalue weighted by atomic mass is 16.5. The number of hydrogen-bond donors (Lipinski definition) is 1. The van der Waals surface area contributed by atoms with E-state index in [1.165, 1.54) is 6.08 Å². The minimum atomic E-state index is -0.933. The second-order valence-corrected chi connectivity index (χ2v) is 3.33. The first-order valence-corrected chi connectivity index (χ1v) is 4.85. The molecule has 0 atom stereocenters. The molecule has 1 aromatic carbocycles. The third kappa shape index (κ3) is 4.00. The molecule has 84 valence electrons. The Kier molecular flexibility index (Phi) is 4.33. The van der Waals surface area contributed by atoms with Crippen LogP contribution in [-0.4, -0.2) is 18.2 Å². The van der Waals surface area contributed by atoms with Gasteiger partial charge < -0.3 is 9.84 Å². The first-order chi connectivity index (χ1) is 7.61. The van der Waals surface area contributed by atoms with Crippen molar-refractivity contribution in [3.8, 4) is 5.75 Å². The fourth-order valence-corrected chi connectivity index (χ4v) is 1.19. The minimum absolute atomic E-state index is 0.698. The highest BCUT2D eigenvalue weighted by Crippen LogP contribution is 2.12. The number of rotatable bonds is 4. The standard InChI is InChI=1S/C13H14O3/c1-10(9-13(14)15)3-4-11-5-7-12(16-2)8-6-11/h3-9H,1-2H3,(H,14,15)/b4-3+,10-9+. The number of carboxylic acid groups (broad SMARTS) is 1. The van der Waals surface area contributed by atoms with Gasteiger partial charge in [0.2, 0.25) is 0 Å². The summed E-state index contributed by atoms with van der Waals surface area (Å²) in [6.07, 6.45) is 4.78. The zero-order chi connectivity index (χ0) is 12.0. The van der Waals surface area contributed by atoms with Gasteiger partial charge in [-0.1, -0.05) is 24.3 Å². The predicted molar refractivity (Wildman–Crippen MR) is 63.4 cm³/mol. The second-order valence-electron chi connectivity index (χ2n) is 3.33. The van der Waals surface area contributed by atoms with E-state index in [-0.39, 0.29) is 0 Å². The molecule has 0 aliphatic rings. The number of ether oxygens (including phenoxy) is 1. The van der Waals surface area contributed by atoms with E-state index in [1.54, 1.807) is 20.1 Å². The average molecular weight is 218 g/mol. The molecule has 16 heavy (non-hydrogen) atoms. The minimum Gasteiger partial charge on any atom is -0.497 e. The molecular formula is C13H14O3. The Bertz CT molecular complexity index is 413. The van der Waals surface area contributed by atoms with Crippen molar-refractivity contribution in [3.63, 3.8) is 0 Å². The molecule has 0 radical (unpaired) electrons. The van der Waals surface area contributed by atoms with Crippen LogP contribution in [0.2, 0.25) is 0 Å². The third-order valence-electron chi connectivity index (χ3n) is 2.01. The number of carboxylic acids is 1. The summed E-state index contributed by atoms with van der Waals surface area (Å²) in [6.45, 7) is 1.74. The van der Waals surface area contributed by atoms with Crippen LogP contribution in [0.25, 0.3) is 6.08 Å². The zero-order valence-electron chi connectivity index (χ0n) is 9.31. The molecule has 0 saturated heterocycles. The van der Waals surface area contributed by atoms with E-state index in [0.29, 0.717) is 5.57 Å². The summed E-state index contributed by atoms with van der Waals surface area (Å²) in [5.74, 6) is -0.133. The van der Waals surface area contributed by atoms with E-state index in [4.69, 9.17) is 9.84 Å². The molecule has 0 aliphatic heterocycles. The molecule has 0 fully saturated rings. The lowest BCUT2D eigenvalue weighted by Crippen LogP contribution is -1.87. The summed E-state index contributed by atoms with van der Waals surface area (Å²) in [5.41, 5.74) is 1.70. The Hall–Kier alpha value is -2.03. The Morgan fingerprint density at radius 3 is 2.44 bits per heavy atom. The Labute approximate surface area is 94.7 Å². The van der Waals surface area contributed by atoms with Gasteiger partial charge in [-0.15, -0.1) is 0 Å². The van der Waals surface area contributed by atoms with Crippen LogP contribution in [0, 0.1) is 0 Å². The zero-order valence-corrected chi connectivity index (χ0v) is 9.31. The van der Waals surface area contributed by atoms with Crippen molar-refractivity contribution in [2.24, 2.45) is 0 Å². The van der Waals surface area contributed by atoms with Gasteiger partial charge in [0.1, 0.15) is 5.75 Å². The van der Waals surface area contributed by atoms with E-state index in [1.807, 2.05) is 30.3 Å². The molecule has 0 aromatic heterocycles. The molecule has 0 unspecified atom stereocenters. The molecule has 1 N–H and O–H groups in total. The lowest BCUT2D eigenvalue weighted by Gasteiger charge is -1.99. The van der Waals surface area contributed by atoms with Crippen LogP contribution < -0.4 is 4.74 Å².